The molecule has 0 saturated heterocycles. The predicted molar refractivity (Wildman–Crippen MR) is 59.0 cm³/mol. The smallest absolute Gasteiger partial charge is 0.239 e. The van der Waals surface area contributed by atoms with Crippen LogP contribution in [0.1, 0.15) is 12.5 Å². The molecule has 6 heteroatoms. The molecule has 1 amide bonds. The van der Waals surface area contributed by atoms with Gasteiger partial charge in [0.2, 0.25) is 5.91 Å². The topological polar surface area (TPSA) is 66.9 Å². The number of hydrogen-bond donors (Lipinski definition) is 2. The number of rotatable bonds is 4. The molecule has 1 aromatic heterocycles. The van der Waals surface area contributed by atoms with E-state index in [9.17, 15) is 4.79 Å². The van der Waals surface area contributed by atoms with Gasteiger partial charge in [0.15, 0.2) is 0 Å². The van der Waals surface area contributed by atoms with Crippen molar-refractivity contribution in [3.8, 4) is 0 Å². The number of halogens is 1. The Labute approximate surface area is 93.3 Å². The van der Waals surface area contributed by atoms with Crippen LogP contribution in [0.15, 0.2) is 6.33 Å². The normalized spacial score (nSPS) is 9.80. The van der Waals surface area contributed by atoms with Crippen molar-refractivity contribution in [3.63, 3.8) is 0 Å². The zero-order chi connectivity index (χ0) is 11.3. The van der Waals surface area contributed by atoms with Gasteiger partial charge in [-0.3, -0.25) is 4.79 Å². The van der Waals surface area contributed by atoms with E-state index < -0.39 is 0 Å². The van der Waals surface area contributed by atoms with Gasteiger partial charge in [0.05, 0.1) is 6.54 Å². The second kappa shape index (κ2) is 5.50. The molecule has 1 heterocycles. The Morgan fingerprint density at radius 3 is 2.87 bits per heavy atom. The molecule has 0 aliphatic heterocycles. The lowest BCUT2D eigenvalue weighted by atomic mass is 10.2. The monoisotopic (exact) mass is 228 g/mol. The molecule has 0 fully saturated rings. The van der Waals surface area contributed by atoms with Gasteiger partial charge in [0.1, 0.15) is 17.3 Å². The lowest BCUT2D eigenvalue weighted by molar-refractivity contribution is -0.118. The minimum absolute atomic E-state index is 0.105. The van der Waals surface area contributed by atoms with Gasteiger partial charge in [-0.2, -0.15) is 0 Å². The first-order chi connectivity index (χ1) is 7.19. The third-order valence-electron chi connectivity index (χ3n) is 1.94. The maximum Gasteiger partial charge on any atom is 0.239 e. The van der Waals surface area contributed by atoms with Crippen molar-refractivity contribution < 1.29 is 4.79 Å². The summed E-state index contributed by atoms with van der Waals surface area (Å²) in [6.45, 7) is 2.13. The zero-order valence-corrected chi connectivity index (χ0v) is 9.43. The van der Waals surface area contributed by atoms with E-state index in [1.807, 2.05) is 6.92 Å². The number of nitrogens with one attached hydrogen (secondary N) is 2. The summed E-state index contributed by atoms with van der Waals surface area (Å²) >= 11 is 5.89. The van der Waals surface area contributed by atoms with Crippen LogP contribution in [0.2, 0.25) is 5.15 Å². The maximum absolute atomic E-state index is 11.0. The highest BCUT2D eigenvalue weighted by atomic mass is 35.5. The minimum atomic E-state index is -0.105. The fourth-order valence-corrected chi connectivity index (χ4v) is 1.38. The summed E-state index contributed by atoms with van der Waals surface area (Å²) in [4.78, 5) is 18.9. The Bertz CT molecular complexity index is 356. The Hall–Kier alpha value is -1.36. The molecule has 0 radical (unpaired) electrons. The van der Waals surface area contributed by atoms with E-state index in [-0.39, 0.29) is 12.5 Å². The quantitative estimate of drug-likeness (QED) is 0.750. The van der Waals surface area contributed by atoms with Gasteiger partial charge in [0, 0.05) is 12.6 Å². The van der Waals surface area contributed by atoms with Gasteiger partial charge < -0.3 is 10.6 Å². The zero-order valence-electron chi connectivity index (χ0n) is 8.67. The Morgan fingerprint density at radius 1 is 1.53 bits per heavy atom. The second-order valence-corrected chi connectivity index (χ2v) is 3.23. The minimum Gasteiger partial charge on any atom is -0.361 e. The lowest BCUT2D eigenvalue weighted by Crippen LogP contribution is -2.26. The average molecular weight is 229 g/mol. The highest BCUT2D eigenvalue weighted by Crippen LogP contribution is 2.19. The van der Waals surface area contributed by atoms with Gasteiger partial charge in [0.25, 0.3) is 0 Å². The molecule has 0 saturated carbocycles. The Morgan fingerprint density at radius 2 is 2.27 bits per heavy atom. The molecule has 1 rings (SSSR count). The molecule has 5 nitrogen and oxygen atoms in total. The molecule has 0 atom stereocenters. The molecule has 15 heavy (non-hydrogen) atoms. The fraction of sp³-hybridized carbons (Fsp3) is 0.444. The van der Waals surface area contributed by atoms with Crippen molar-refractivity contribution in [3.05, 3.63) is 17.0 Å². The number of nitrogens with zero attached hydrogens (tertiary/aromatic N) is 2. The van der Waals surface area contributed by atoms with Gasteiger partial charge in [-0.1, -0.05) is 18.5 Å². The van der Waals surface area contributed by atoms with Crippen LogP contribution in [-0.4, -0.2) is 29.5 Å². The van der Waals surface area contributed by atoms with Crippen molar-refractivity contribution in [2.45, 2.75) is 13.3 Å². The summed E-state index contributed by atoms with van der Waals surface area (Å²) in [5, 5.41) is 5.84. The molecule has 0 unspecified atom stereocenters. The number of aromatic nitrogens is 2. The van der Waals surface area contributed by atoms with Crippen molar-refractivity contribution in [2.24, 2.45) is 0 Å². The van der Waals surface area contributed by atoms with Gasteiger partial charge >= 0.3 is 0 Å². The van der Waals surface area contributed by atoms with Crippen LogP contribution in [-0.2, 0) is 11.2 Å². The van der Waals surface area contributed by atoms with Crippen molar-refractivity contribution in [1.82, 2.24) is 15.3 Å². The molecule has 0 spiro atoms. The number of carbonyl (C=O) groups excluding carboxylic acids is 1. The Balaban J connectivity index is 2.76. The van der Waals surface area contributed by atoms with Crippen molar-refractivity contribution in [1.29, 1.82) is 0 Å². The molecule has 0 aliphatic rings. The SMILES string of the molecule is CCc1c(Cl)ncnc1NCC(=O)NC. The maximum atomic E-state index is 11.0. The van der Waals surface area contributed by atoms with Crippen molar-refractivity contribution in [2.75, 3.05) is 18.9 Å². The first-order valence-electron chi connectivity index (χ1n) is 4.62. The van der Waals surface area contributed by atoms with E-state index in [0.29, 0.717) is 11.0 Å². The highest BCUT2D eigenvalue weighted by molar-refractivity contribution is 6.30. The lowest BCUT2D eigenvalue weighted by Gasteiger charge is -2.09. The van der Waals surface area contributed by atoms with Crippen LogP contribution in [0, 0.1) is 0 Å². The predicted octanol–water partition coefficient (Wildman–Crippen LogP) is 0.850. The first-order valence-corrected chi connectivity index (χ1v) is 5.00. The number of likely N-dealkylation sites (N-methyl/N-ethyl adjacent to an activating group) is 1. The van der Waals surface area contributed by atoms with Gasteiger partial charge in [-0.05, 0) is 6.42 Å². The largest absolute Gasteiger partial charge is 0.361 e. The standard InChI is InChI=1S/C9H13ClN4O/c1-3-6-8(10)13-5-14-9(6)12-4-7(15)11-2/h5H,3-4H2,1-2H3,(H,11,15)(H,12,13,14). The van der Waals surface area contributed by atoms with Crippen LogP contribution >= 0.6 is 11.6 Å². The summed E-state index contributed by atoms with van der Waals surface area (Å²) < 4.78 is 0. The second-order valence-electron chi connectivity index (χ2n) is 2.87. The number of anilines is 1. The fourth-order valence-electron chi connectivity index (χ4n) is 1.11. The summed E-state index contributed by atoms with van der Waals surface area (Å²) in [6, 6.07) is 0. The van der Waals surface area contributed by atoms with Crippen LogP contribution in [0.5, 0.6) is 0 Å². The summed E-state index contributed by atoms with van der Waals surface area (Å²) in [5.74, 6) is 0.507. The number of hydrogen-bond acceptors (Lipinski definition) is 4. The molecule has 0 aromatic carbocycles. The van der Waals surface area contributed by atoms with E-state index in [1.165, 1.54) is 6.33 Å². The van der Waals surface area contributed by atoms with E-state index in [0.717, 1.165) is 12.0 Å². The van der Waals surface area contributed by atoms with E-state index in [4.69, 9.17) is 11.6 Å². The molecule has 82 valence electrons. The van der Waals surface area contributed by atoms with Crippen LogP contribution in [0.4, 0.5) is 5.82 Å². The number of carbonyl (C=O) groups is 1. The third kappa shape index (κ3) is 3.06. The third-order valence-corrected chi connectivity index (χ3v) is 2.27. The van der Waals surface area contributed by atoms with E-state index in [1.54, 1.807) is 7.05 Å². The van der Waals surface area contributed by atoms with E-state index in [2.05, 4.69) is 20.6 Å². The number of amides is 1. The molecule has 0 bridgehead atoms. The molecule has 0 aliphatic carbocycles. The average Bonchev–Trinajstić information content (AvgIpc) is 2.25. The van der Waals surface area contributed by atoms with Crippen molar-refractivity contribution >= 4 is 23.3 Å². The van der Waals surface area contributed by atoms with Gasteiger partial charge in [-0.25, -0.2) is 9.97 Å². The summed E-state index contributed by atoms with van der Waals surface area (Å²) in [7, 11) is 1.58. The van der Waals surface area contributed by atoms with Crippen LogP contribution < -0.4 is 10.6 Å². The van der Waals surface area contributed by atoms with Crippen LogP contribution in [0.25, 0.3) is 0 Å². The Kier molecular flexibility index (Phi) is 4.30. The van der Waals surface area contributed by atoms with Gasteiger partial charge in [-0.15, -0.1) is 0 Å². The molecular weight excluding hydrogens is 216 g/mol. The molecular formula is C9H13ClN4O. The molecule has 1 aromatic rings. The van der Waals surface area contributed by atoms with E-state index >= 15 is 0 Å². The van der Waals surface area contributed by atoms with Crippen LogP contribution in [0.3, 0.4) is 0 Å². The summed E-state index contributed by atoms with van der Waals surface area (Å²) in [6.07, 6.45) is 2.09. The first kappa shape index (κ1) is 11.7. The summed E-state index contributed by atoms with van der Waals surface area (Å²) in [5.41, 5.74) is 0.822. The molecule has 2 N–H and O–H groups in total. The highest BCUT2D eigenvalue weighted by Gasteiger charge is 2.08.